The third-order valence-corrected chi connectivity index (χ3v) is 12.9. The summed E-state index contributed by atoms with van der Waals surface area (Å²) in [5, 5.41) is 38.9. The standard InChI is InChI=1S/C48H53N3O9S/c1-3-26-57-48-45(61-39-21-18-35(19-22-39)49-32(2)54)30-43(50-58-31-33-12-5-4-6-13-33)41-27-34(14-7-9-24-52)40(17-8-10-25-53)46(47(41)48)42-29-38(20-23-44(42)60-48)59-37-16-11-15-36(28-37)51(55)56/h3-6,11-13,15-16,18-23,27-29,34,40,45-47,52-53H,1,7-10,14,17,24-26,30-31H2,2H3,(H,49,54). The molecule has 6 atom stereocenters. The summed E-state index contributed by atoms with van der Waals surface area (Å²) in [6.45, 7) is 6.19. The highest BCUT2D eigenvalue weighted by molar-refractivity contribution is 8.00. The number of rotatable bonds is 20. The number of aliphatic hydroxyl groups is 2. The zero-order valence-electron chi connectivity index (χ0n) is 34.3. The Labute approximate surface area is 360 Å². The fraction of sp³-hybridized carbons (Fsp3) is 0.375. The Morgan fingerprint density at radius 2 is 1.74 bits per heavy atom. The van der Waals surface area contributed by atoms with Crippen LogP contribution in [0.1, 0.15) is 68.9 Å². The lowest BCUT2D eigenvalue weighted by Crippen LogP contribution is -2.64. The van der Waals surface area contributed by atoms with Gasteiger partial charge in [-0.05, 0) is 97.2 Å². The second-order valence-electron chi connectivity index (χ2n) is 15.7. The van der Waals surface area contributed by atoms with E-state index in [0.717, 1.165) is 53.0 Å². The van der Waals surface area contributed by atoms with Crippen molar-refractivity contribution < 1.29 is 39.0 Å². The van der Waals surface area contributed by atoms with E-state index in [1.807, 2.05) is 72.8 Å². The van der Waals surface area contributed by atoms with Gasteiger partial charge in [0.15, 0.2) is 0 Å². The van der Waals surface area contributed by atoms with Crippen LogP contribution in [0.2, 0.25) is 0 Å². The number of allylic oxidation sites excluding steroid dienone is 1. The summed E-state index contributed by atoms with van der Waals surface area (Å²) >= 11 is 1.62. The van der Waals surface area contributed by atoms with Crippen molar-refractivity contribution in [3.05, 3.63) is 143 Å². The van der Waals surface area contributed by atoms with Gasteiger partial charge in [0, 0.05) is 54.7 Å². The Morgan fingerprint density at radius 3 is 2.46 bits per heavy atom. The minimum Gasteiger partial charge on any atom is -0.460 e. The highest BCUT2D eigenvalue weighted by Gasteiger charge is 2.64. The number of carbonyl (C=O) groups excluding carboxylic acids is 1. The lowest BCUT2D eigenvalue weighted by Gasteiger charge is -2.58. The number of hydrogen-bond donors (Lipinski definition) is 3. The first-order valence-electron chi connectivity index (χ1n) is 20.9. The molecule has 1 saturated carbocycles. The Kier molecular flexibility index (Phi) is 14.6. The molecule has 320 valence electrons. The molecule has 7 rings (SSSR count). The smallest absolute Gasteiger partial charge is 0.273 e. The van der Waals surface area contributed by atoms with Gasteiger partial charge < -0.3 is 34.6 Å². The minimum atomic E-state index is -1.22. The highest BCUT2D eigenvalue weighted by Crippen LogP contribution is 2.63. The van der Waals surface area contributed by atoms with Gasteiger partial charge in [0.1, 0.15) is 23.9 Å². The molecular weight excluding hydrogens is 795 g/mol. The lowest BCUT2D eigenvalue weighted by atomic mass is 9.56. The predicted molar refractivity (Wildman–Crippen MR) is 236 cm³/mol. The van der Waals surface area contributed by atoms with Gasteiger partial charge in [-0.1, -0.05) is 66.5 Å². The van der Waals surface area contributed by atoms with Crippen LogP contribution in [-0.2, 0) is 21.0 Å². The molecule has 13 heteroatoms. The van der Waals surface area contributed by atoms with Crippen LogP contribution < -0.4 is 14.8 Å². The Morgan fingerprint density at radius 1 is 0.984 bits per heavy atom. The van der Waals surface area contributed by atoms with Crippen LogP contribution in [0, 0.1) is 27.9 Å². The first-order chi connectivity index (χ1) is 29.7. The molecule has 4 aromatic rings. The van der Waals surface area contributed by atoms with E-state index in [1.165, 1.54) is 19.1 Å². The molecule has 2 aliphatic carbocycles. The van der Waals surface area contributed by atoms with Gasteiger partial charge in [-0.25, -0.2) is 0 Å². The summed E-state index contributed by atoms with van der Waals surface area (Å²) < 4.78 is 20.7. The summed E-state index contributed by atoms with van der Waals surface area (Å²) in [6, 6.07) is 29.5. The number of ether oxygens (including phenoxy) is 3. The van der Waals surface area contributed by atoms with E-state index >= 15 is 0 Å². The Balaban J connectivity index is 1.39. The van der Waals surface area contributed by atoms with Gasteiger partial charge in [0.05, 0.1) is 34.5 Å². The number of oxime groups is 1. The van der Waals surface area contributed by atoms with Crippen molar-refractivity contribution in [2.24, 2.45) is 22.9 Å². The Bertz CT molecular complexity index is 2220. The number of carbonyl (C=O) groups is 1. The van der Waals surface area contributed by atoms with Crippen molar-refractivity contribution in [1.29, 1.82) is 0 Å². The molecular formula is C48H53N3O9S. The fourth-order valence-electron chi connectivity index (χ4n) is 9.03. The Hall–Kier alpha value is -5.47. The molecule has 4 aromatic carbocycles. The minimum absolute atomic E-state index is 0.0635. The van der Waals surface area contributed by atoms with Crippen LogP contribution >= 0.6 is 11.8 Å². The van der Waals surface area contributed by atoms with Gasteiger partial charge in [0.2, 0.25) is 11.7 Å². The van der Waals surface area contributed by atoms with Gasteiger partial charge in [-0.2, -0.15) is 0 Å². The largest absolute Gasteiger partial charge is 0.460 e. The number of non-ortho nitro benzene ring substituents is 1. The number of nitro benzene ring substituents is 1. The predicted octanol–water partition coefficient (Wildman–Crippen LogP) is 9.97. The summed E-state index contributed by atoms with van der Waals surface area (Å²) in [6.07, 6.45) is 9.10. The van der Waals surface area contributed by atoms with Crippen LogP contribution in [0.15, 0.2) is 131 Å². The maximum atomic E-state index is 11.8. The van der Waals surface area contributed by atoms with Crippen molar-refractivity contribution >= 4 is 34.8 Å². The molecule has 1 fully saturated rings. The van der Waals surface area contributed by atoms with Crippen LogP contribution in [-0.4, -0.2) is 57.6 Å². The van der Waals surface area contributed by atoms with Crippen LogP contribution in [0.25, 0.3) is 0 Å². The quantitative estimate of drug-likeness (QED) is 0.0338. The van der Waals surface area contributed by atoms with Crippen molar-refractivity contribution in [3.63, 3.8) is 0 Å². The van der Waals surface area contributed by atoms with E-state index in [-0.39, 0.29) is 66.9 Å². The van der Waals surface area contributed by atoms with E-state index in [0.29, 0.717) is 42.2 Å². The molecule has 1 aliphatic heterocycles. The fourth-order valence-corrected chi connectivity index (χ4v) is 10.3. The van der Waals surface area contributed by atoms with Crippen molar-refractivity contribution in [3.8, 4) is 17.2 Å². The number of unbranched alkanes of at least 4 members (excludes halogenated alkanes) is 2. The number of thioether (sulfide) groups is 1. The zero-order chi connectivity index (χ0) is 42.8. The number of aliphatic hydroxyl groups excluding tert-OH is 2. The molecule has 0 spiro atoms. The summed E-state index contributed by atoms with van der Waals surface area (Å²) in [5.41, 5.74) is 4.32. The number of nitrogens with zero attached hydrogens (tertiary/aromatic N) is 2. The first kappa shape index (κ1) is 43.6. The monoisotopic (exact) mass is 847 g/mol. The molecule has 0 aromatic heterocycles. The van der Waals surface area contributed by atoms with Crippen LogP contribution in [0.3, 0.4) is 0 Å². The summed E-state index contributed by atoms with van der Waals surface area (Å²) in [4.78, 5) is 30.2. The molecule has 0 saturated heterocycles. The lowest BCUT2D eigenvalue weighted by molar-refractivity contribution is -0.384. The molecule has 6 unspecified atom stereocenters. The number of nitrogens with one attached hydrogen (secondary N) is 1. The molecule has 0 radical (unpaired) electrons. The number of anilines is 1. The van der Waals surface area contributed by atoms with E-state index in [2.05, 4.69) is 18.0 Å². The average Bonchev–Trinajstić information content (AvgIpc) is 3.26. The van der Waals surface area contributed by atoms with Gasteiger partial charge in [-0.15, -0.1) is 18.3 Å². The van der Waals surface area contributed by atoms with E-state index in [1.54, 1.807) is 30.0 Å². The first-order valence-corrected chi connectivity index (χ1v) is 21.8. The summed E-state index contributed by atoms with van der Waals surface area (Å²) in [5.74, 6) is -0.315. The molecule has 61 heavy (non-hydrogen) atoms. The second-order valence-corrected chi connectivity index (χ2v) is 17.0. The number of hydrogen-bond acceptors (Lipinski definition) is 11. The zero-order valence-corrected chi connectivity index (χ0v) is 35.1. The number of benzene rings is 4. The molecule has 1 amide bonds. The van der Waals surface area contributed by atoms with E-state index in [9.17, 15) is 25.1 Å². The number of nitro groups is 1. The number of fused-ring (bicyclic) bond motifs is 2. The van der Waals surface area contributed by atoms with Crippen LogP contribution in [0.5, 0.6) is 17.2 Å². The van der Waals surface area contributed by atoms with Crippen molar-refractivity contribution in [2.75, 3.05) is 25.1 Å². The average molecular weight is 848 g/mol. The molecule has 1 heterocycles. The van der Waals surface area contributed by atoms with E-state index in [4.69, 9.17) is 24.2 Å². The molecule has 3 N–H and O–H groups in total. The number of amides is 1. The SMILES string of the molecule is C=CCOC12Oc3ccc(Oc4cccc([N+](=O)[O-])c4)cc3C3C(CCCCO)C(CCCCO)C=C(C(=NOCc4ccccc4)CC1Sc1ccc(NC(C)=O)cc1)C32. The normalized spacial score (nSPS) is 23.2. The topological polar surface area (TPSA) is 162 Å². The highest BCUT2D eigenvalue weighted by atomic mass is 32.2. The third-order valence-electron chi connectivity index (χ3n) is 11.6. The molecule has 0 bridgehead atoms. The maximum absolute atomic E-state index is 11.8. The van der Waals surface area contributed by atoms with Crippen molar-refractivity contribution in [2.45, 2.75) is 80.3 Å². The van der Waals surface area contributed by atoms with Crippen LogP contribution in [0.4, 0.5) is 11.4 Å². The third kappa shape index (κ3) is 10.2. The molecule has 3 aliphatic rings. The van der Waals surface area contributed by atoms with Gasteiger partial charge in [-0.3, -0.25) is 14.9 Å². The second kappa shape index (κ2) is 20.4. The van der Waals surface area contributed by atoms with Gasteiger partial charge in [0.25, 0.3) is 5.69 Å². The van der Waals surface area contributed by atoms with E-state index < -0.39 is 10.7 Å². The molecule has 12 nitrogen and oxygen atoms in total. The van der Waals surface area contributed by atoms with Crippen molar-refractivity contribution in [1.82, 2.24) is 0 Å². The van der Waals surface area contributed by atoms with Gasteiger partial charge >= 0.3 is 0 Å². The summed E-state index contributed by atoms with van der Waals surface area (Å²) in [7, 11) is 0. The maximum Gasteiger partial charge on any atom is 0.273 e.